The largest absolute Gasteiger partial charge is 0.497 e. The standard InChI is InChI=1S/C24H22N2O4/c1-30-18-10-11-21-19(15-18)20(23(28)24(29)25-13-5-6-14-25)16-26(21)22(27)12-9-17-7-3-2-4-8-17/h2-4,7-12,15-16H,5-6,13-14H2,1H3/b12-9+. The van der Waals surface area contributed by atoms with Crippen LogP contribution in [0.25, 0.3) is 17.0 Å². The first-order chi connectivity index (χ1) is 14.6. The monoisotopic (exact) mass is 402 g/mol. The molecule has 2 aromatic carbocycles. The predicted molar refractivity (Wildman–Crippen MR) is 115 cm³/mol. The fourth-order valence-electron chi connectivity index (χ4n) is 3.69. The van der Waals surface area contributed by atoms with Gasteiger partial charge in [-0.05, 0) is 42.7 Å². The summed E-state index contributed by atoms with van der Waals surface area (Å²) in [7, 11) is 1.53. The van der Waals surface area contributed by atoms with E-state index in [9.17, 15) is 14.4 Å². The van der Waals surface area contributed by atoms with Crippen LogP contribution in [0.4, 0.5) is 0 Å². The summed E-state index contributed by atoms with van der Waals surface area (Å²) in [5.41, 5.74) is 1.66. The summed E-state index contributed by atoms with van der Waals surface area (Å²) in [5, 5.41) is 0.522. The lowest BCUT2D eigenvalue weighted by molar-refractivity contribution is -0.125. The highest BCUT2D eigenvalue weighted by molar-refractivity contribution is 6.45. The zero-order valence-corrected chi connectivity index (χ0v) is 16.7. The minimum Gasteiger partial charge on any atom is -0.497 e. The zero-order valence-electron chi connectivity index (χ0n) is 16.7. The smallest absolute Gasteiger partial charge is 0.295 e. The zero-order chi connectivity index (χ0) is 21.1. The highest BCUT2D eigenvalue weighted by atomic mass is 16.5. The Labute approximate surface area is 174 Å². The number of carbonyl (C=O) groups is 3. The summed E-state index contributed by atoms with van der Waals surface area (Å²) in [6.45, 7) is 1.18. The maximum atomic E-state index is 13.0. The van der Waals surface area contributed by atoms with Gasteiger partial charge in [-0.25, -0.2) is 0 Å². The van der Waals surface area contributed by atoms with Gasteiger partial charge in [0.05, 0.1) is 18.2 Å². The maximum Gasteiger partial charge on any atom is 0.295 e. The van der Waals surface area contributed by atoms with E-state index in [-0.39, 0.29) is 11.5 Å². The molecule has 0 radical (unpaired) electrons. The van der Waals surface area contributed by atoms with E-state index in [4.69, 9.17) is 4.74 Å². The van der Waals surface area contributed by atoms with Crippen LogP contribution < -0.4 is 4.74 Å². The van der Waals surface area contributed by atoms with Crippen molar-refractivity contribution in [2.75, 3.05) is 20.2 Å². The van der Waals surface area contributed by atoms with E-state index in [1.807, 2.05) is 30.3 Å². The Kier molecular flexibility index (Phi) is 5.48. The highest BCUT2D eigenvalue weighted by Gasteiger charge is 2.28. The molecule has 0 aliphatic carbocycles. The average molecular weight is 402 g/mol. The van der Waals surface area contributed by atoms with Crippen LogP contribution in [0.5, 0.6) is 5.75 Å². The van der Waals surface area contributed by atoms with Crippen molar-refractivity contribution in [2.24, 2.45) is 0 Å². The van der Waals surface area contributed by atoms with Gasteiger partial charge in [-0.1, -0.05) is 30.3 Å². The van der Waals surface area contributed by atoms with Crippen LogP contribution in [-0.4, -0.2) is 47.3 Å². The number of nitrogens with zero attached hydrogens (tertiary/aromatic N) is 2. The summed E-state index contributed by atoms with van der Waals surface area (Å²) >= 11 is 0. The molecule has 3 aromatic rings. The molecule has 0 unspecified atom stereocenters. The third-order valence-corrected chi connectivity index (χ3v) is 5.30. The molecule has 0 atom stereocenters. The molecule has 0 spiro atoms. The Bertz CT molecular complexity index is 1140. The van der Waals surface area contributed by atoms with Crippen LogP contribution in [0.2, 0.25) is 0 Å². The van der Waals surface area contributed by atoms with Crippen molar-refractivity contribution in [1.82, 2.24) is 9.47 Å². The first kappa shape index (κ1) is 19.6. The van der Waals surface area contributed by atoms with Gasteiger partial charge in [0.2, 0.25) is 0 Å². The van der Waals surface area contributed by atoms with Crippen molar-refractivity contribution in [1.29, 1.82) is 0 Å². The third kappa shape index (κ3) is 3.76. The van der Waals surface area contributed by atoms with Gasteiger partial charge in [0.25, 0.3) is 17.6 Å². The summed E-state index contributed by atoms with van der Waals surface area (Å²) in [5.74, 6) is -0.882. The van der Waals surface area contributed by atoms with E-state index in [1.54, 1.807) is 29.2 Å². The van der Waals surface area contributed by atoms with E-state index in [0.717, 1.165) is 18.4 Å². The Morgan fingerprint density at radius 3 is 2.43 bits per heavy atom. The molecular formula is C24H22N2O4. The van der Waals surface area contributed by atoms with E-state index >= 15 is 0 Å². The lowest BCUT2D eigenvalue weighted by atomic mass is 10.1. The molecule has 0 N–H and O–H groups in total. The Morgan fingerprint density at radius 1 is 1.00 bits per heavy atom. The number of amides is 1. The van der Waals surface area contributed by atoms with Crippen molar-refractivity contribution in [2.45, 2.75) is 12.8 Å². The molecule has 1 aromatic heterocycles. The molecule has 1 aliphatic rings. The number of ketones is 1. The minimum atomic E-state index is -0.603. The van der Waals surface area contributed by atoms with E-state index < -0.39 is 11.7 Å². The number of fused-ring (bicyclic) bond motifs is 1. The molecule has 1 aliphatic heterocycles. The SMILES string of the molecule is COc1ccc2c(c1)c(C(=O)C(=O)N1CCCC1)cn2C(=O)/C=C/c1ccccc1. The van der Waals surface area contributed by atoms with Crippen LogP contribution in [0, 0.1) is 0 Å². The molecular weight excluding hydrogens is 380 g/mol. The summed E-state index contributed by atoms with van der Waals surface area (Å²) in [6.07, 6.45) is 6.43. The number of ether oxygens (including phenoxy) is 1. The number of methoxy groups -OCH3 is 1. The van der Waals surface area contributed by atoms with Crippen LogP contribution in [0.1, 0.15) is 33.6 Å². The first-order valence-corrected chi connectivity index (χ1v) is 9.88. The predicted octanol–water partition coefficient (Wildman–Crippen LogP) is 3.81. The third-order valence-electron chi connectivity index (χ3n) is 5.30. The molecule has 0 bridgehead atoms. The van der Waals surface area contributed by atoms with Crippen LogP contribution in [0.15, 0.2) is 60.8 Å². The second kappa shape index (κ2) is 8.37. The van der Waals surface area contributed by atoms with Crippen molar-refractivity contribution in [3.8, 4) is 5.75 Å². The molecule has 0 saturated carbocycles. The van der Waals surface area contributed by atoms with Gasteiger partial charge in [-0.3, -0.25) is 19.0 Å². The number of likely N-dealkylation sites (tertiary alicyclic amines) is 1. The van der Waals surface area contributed by atoms with Gasteiger partial charge in [0.1, 0.15) is 5.75 Å². The fourth-order valence-corrected chi connectivity index (χ4v) is 3.69. The fraction of sp³-hybridized carbons (Fsp3) is 0.208. The van der Waals surface area contributed by atoms with Crippen molar-refractivity contribution >= 4 is 34.6 Å². The number of benzene rings is 2. The Morgan fingerprint density at radius 2 is 1.73 bits per heavy atom. The van der Waals surface area contributed by atoms with Crippen LogP contribution >= 0.6 is 0 Å². The molecule has 6 nitrogen and oxygen atoms in total. The Balaban J connectivity index is 1.73. The second-order valence-electron chi connectivity index (χ2n) is 7.21. The number of hydrogen-bond acceptors (Lipinski definition) is 4. The molecule has 6 heteroatoms. The van der Waals surface area contributed by atoms with Crippen molar-refractivity contribution in [3.05, 3.63) is 71.9 Å². The summed E-state index contributed by atoms with van der Waals surface area (Å²) in [4.78, 5) is 40.1. The number of allylic oxidation sites excluding steroid dienone is 1. The van der Waals surface area contributed by atoms with Gasteiger partial charge in [0.15, 0.2) is 0 Å². The van der Waals surface area contributed by atoms with Gasteiger partial charge in [-0.2, -0.15) is 0 Å². The number of carbonyl (C=O) groups excluding carboxylic acids is 3. The summed E-state index contributed by atoms with van der Waals surface area (Å²) in [6, 6.07) is 14.6. The normalized spacial score (nSPS) is 13.8. The highest BCUT2D eigenvalue weighted by Crippen LogP contribution is 2.27. The first-order valence-electron chi connectivity index (χ1n) is 9.88. The lowest BCUT2D eigenvalue weighted by Gasteiger charge is -2.13. The second-order valence-corrected chi connectivity index (χ2v) is 7.21. The molecule has 4 rings (SSSR count). The number of Topliss-reactive ketones (excluding diaryl/α,β-unsaturated/α-hetero) is 1. The van der Waals surface area contributed by atoms with Crippen molar-refractivity contribution in [3.63, 3.8) is 0 Å². The van der Waals surface area contributed by atoms with Crippen LogP contribution in [0.3, 0.4) is 0 Å². The van der Waals surface area contributed by atoms with Gasteiger partial charge in [0, 0.05) is 30.7 Å². The lowest BCUT2D eigenvalue weighted by Crippen LogP contribution is -2.34. The number of hydrogen-bond donors (Lipinski definition) is 0. The van der Waals surface area contributed by atoms with Crippen molar-refractivity contribution < 1.29 is 19.1 Å². The van der Waals surface area contributed by atoms with E-state index in [2.05, 4.69) is 0 Å². The minimum absolute atomic E-state index is 0.210. The Hall–Kier alpha value is -3.67. The molecule has 2 heterocycles. The quantitative estimate of drug-likeness (QED) is 0.370. The van der Waals surface area contributed by atoms with Crippen LogP contribution in [-0.2, 0) is 4.79 Å². The topological polar surface area (TPSA) is 68.6 Å². The van der Waals surface area contributed by atoms with Gasteiger partial charge >= 0.3 is 0 Å². The van der Waals surface area contributed by atoms with E-state index in [1.165, 1.54) is 23.9 Å². The van der Waals surface area contributed by atoms with E-state index in [0.29, 0.717) is 29.7 Å². The molecule has 152 valence electrons. The maximum absolute atomic E-state index is 13.0. The molecule has 1 saturated heterocycles. The van der Waals surface area contributed by atoms with Gasteiger partial charge < -0.3 is 9.64 Å². The molecule has 1 fully saturated rings. The van der Waals surface area contributed by atoms with Gasteiger partial charge in [-0.15, -0.1) is 0 Å². The molecule has 1 amide bonds. The average Bonchev–Trinajstić information content (AvgIpc) is 3.45. The number of aromatic nitrogens is 1. The number of rotatable bonds is 5. The summed E-state index contributed by atoms with van der Waals surface area (Å²) < 4.78 is 6.68. The molecule has 30 heavy (non-hydrogen) atoms.